The minimum absolute atomic E-state index is 0.0783. The fourth-order valence-electron chi connectivity index (χ4n) is 3.33. The quantitative estimate of drug-likeness (QED) is 0.133. The van der Waals surface area contributed by atoms with Crippen LogP contribution in [0.5, 0.6) is 0 Å². The molecule has 7 nitrogen and oxygen atoms in total. The number of quaternary nitrogens is 1. The predicted molar refractivity (Wildman–Crippen MR) is 124 cm³/mol. The van der Waals surface area contributed by atoms with E-state index in [0.717, 1.165) is 17.7 Å². The van der Waals surface area contributed by atoms with E-state index in [9.17, 15) is 8.42 Å². The van der Waals surface area contributed by atoms with E-state index in [1.165, 1.54) is 70.6 Å². The Morgan fingerprint density at radius 2 is 0.867 bits per heavy atom. The molecule has 0 aliphatic heterocycles. The van der Waals surface area contributed by atoms with Crippen LogP contribution in [0, 0.1) is 0 Å². The lowest BCUT2D eigenvalue weighted by molar-refractivity contribution is -0.901. The highest BCUT2D eigenvalue weighted by Crippen LogP contribution is 2.13. The van der Waals surface area contributed by atoms with Crippen LogP contribution in [0.15, 0.2) is 0 Å². The topological polar surface area (TPSA) is 120 Å². The van der Waals surface area contributed by atoms with E-state index in [4.69, 9.17) is 19.9 Å². The maximum atomic E-state index is 10.5. The molecule has 0 unspecified atom stereocenters. The number of unbranched alkanes of at least 4 members (excludes halogenated alkanes) is 13. The normalized spacial score (nSPS) is 11.5. The van der Waals surface area contributed by atoms with Gasteiger partial charge in [-0.3, -0.25) is 4.55 Å². The zero-order valence-corrected chi connectivity index (χ0v) is 20.2. The minimum Gasteiger partial charge on any atom is -0.391 e. The third kappa shape index (κ3) is 29.9. The number of hydrogen-bond acceptors (Lipinski definition) is 5. The molecular formula is C22H50NO6S+. The van der Waals surface area contributed by atoms with Crippen molar-refractivity contribution < 1.29 is 33.2 Å². The van der Waals surface area contributed by atoms with Crippen LogP contribution in [0.1, 0.15) is 96.8 Å². The summed E-state index contributed by atoms with van der Waals surface area (Å²) in [5.74, 6) is -0.0783. The summed E-state index contributed by atoms with van der Waals surface area (Å²) in [7, 11) is -3.74. The van der Waals surface area contributed by atoms with Crippen molar-refractivity contribution in [1.29, 1.82) is 0 Å². The van der Waals surface area contributed by atoms with Crippen molar-refractivity contribution in [2.45, 2.75) is 96.8 Å². The number of aliphatic hydroxyl groups excluding tert-OH is 3. The lowest BCUT2D eigenvalue weighted by Crippen LogP contribution is -3.13. The van der Waals surface area contributed by atoms with Crippen molar-refractivity contribution in [3.63, 3.8) is 0 Å². The fraction of sp³-hybridized carbons (Fsp3) is 1.00. The first-order chi connectivity index (χ1) is 14.4. The van der Waals surface area contributed by atoms with Gasteiger partial charge in [0, 0.05) is 0 Å². The maximum Gasteiger partial charge on any atom is 0.264 e. The highest BCUT2D eigenvalue weighted by Gasteiger charge is 2.04. The Kier molecular flexibility index (Phi) is 26.6. The van der Waals surface area contributed by atoms with Gasteiger partial charge in [0.2, 0.25) is 0 Å². The second kappa shape index (κ2) is 25.0. The zero-order chi connectivity index (χ0) is 22.9. The first kappa shape index (κ1) is 31.9. The molecule has 0 aromatic heterocycles. The molecule has 0 aliphatic rings. The van der Waals surface area contributed by atoms with E-state index in [-0.39, 0.29) is 25.6 Å². The van der Waals surface area contributed by atoms with Crippen molar-refractivity contribution in [2.24, 2.45) is 0 Å². The number of aliphatic hydroxyl groups is 3. The Hall–Kier alpha value is -0.250. The van der Waals surface area contributed by atoms with Crippen LogP contribution in [-0.4, -0.2) is 73.5 Å². The van der Waals surface area contributed by atoms with Gasteiger partial charge in [0.1, 0.15) is 19.6 Å². The summed E-state index contributed by atoms with van der Waals surface area (Å²) in [4.78, 5) is 1.03. The minimum atomic E-state index is -3.74. The molecular weight excluding hydrogens is 406 g/mol. The Morgan fingerprint density at radius 1 is 0.567 bits per heavy atom. The maximum absolute atomic E-state index is 10.5. The smallest absolute Gasteiger partial charge is 0.264 e. The van der Waals surface area contributed by atoms with Gasteiger partial charge in [-0.25, -0.2) is 0 Å². The molecule has 0 amide bonds. The third-order valence-corrected chi connectivity index (χ3v) is 5.96. The fourth-order valence-corrected chi connectivity index (χ4v) is 3.90. The van der Waals surface area contributed by atoms with Gasteiger partial charge in [-0.05, 0) is 6.42 Å². The van der Waals surface area contributed by atoms with Crippen molar-refractivity contribution >= 4 is 10.1 Å². The van der Waals surface area contributed by atoms with E-state index < -0.39 is 10.1 Å². The monoisotopic (exact) mass is 456 g/mol. The lowest BCUT2D eigenvalue weighted by Gasteiger charge is -2.15. The first-order valence-corrected chi connectivity index (χ1v) is 13.6. The van der Waals surface area contributed by atoms with Crippen LogP contribution in [-0.2, 0) is 10.1 Å². The molecule has 0 fully saturated rings. The molecule has 5 N–H and O–H groups in total. The molecule has 0 spiro atoms. The molecule has 0 saturated heterocycles. The molecule has 30 heavy (non-hydrogen) atoms. The Balaban J connectivity index is 0. The second-order valence-corrected chi connectivity index (χ2v) is 9.63. The molecule has 0 rings (SSSR count). The van der Waals surface area contributed by atoms with E-state index in [1.54, 1.807) is 0 Å². The molecule has 0 aromatic carbocycles. The zero-order valence-electron chi connectivity index (χ0n) is 19.4. The van der Waals surface area contributed by atoms with Gasteiger partial charge < -0.3 is 20.2 Å². The molecule has 0 bridgehead atoms. The van der Waals surface area contributed by atoms with Gasteiger partial charge in [0.25, 0.3) is 10.1 Å². The van der Waals surface area contributed by atoms with Gasteiger partial charge in [-0.2, -0.15) is 8.42 Å². The largest absolute Gasteiger partial charge is 0.391 e. The van der Waals surface area contributed by atoms with Crippen LogP contribution in [0.2, 0.25) is 0 Å². The Labute approximate surface area is 185 Å². The Morgan fingerprint density at radius 3 is 1.13 bits per heavy atom. The molecule has 8 heteroatoms. The lowest BCUT2D eigenvalue weighted by atomic mass is 10.0. The van der Waals surface area contributed by atoms with Crippen LogP contribution >= 0.6 is 0 Å². The van der Waals surface area contributed by atoms with E-state index >= 15 is 0 Å². The number of rotatable bonds is 21. The average molecular weight is 457 g/mol. The first-order valence-electron chi connectivity index (χ1n) is 12.0. The van der Waals surface area contributed by atoms with Crippen molar-refractivity contribution in [1.82, 2.24) is 0 Å². The number of nitrogens with one attached hydrogen (secondary N) is 1. The summed E-state index contributed by atoms with van der Waals surface area (Å²) in [6, 6.07) is 0. The van der Waals surface area contributed by atoms with E-state index in [0.29, 0.717) is 26.1 Å². The molecule has 0 saturated carbocycles. The Bertz CT molecular complexity index is 406. The van der Waals surface area contributed by atoms with Crippen molar-refractivity contribution in [2.75, 3.05) is 45.2 Å². The highest BCUT2D eigenvalue weighted by molar-refractivity contribution is 7.85. The summed E-state index contributed by atoms with van der Waals surface area (Å²) in [6.45, 7) is 4.37. The standard InChI is InChI=1S/C16H34O3S.C6H15NO3/c1-2-3-4-5-6-7-8-9-10-11-12-13-14-15-16-20(17,18)19;8-4-1-7(2-5-9)3-6-10/h2-16H2,1H3,(H,17,18,19);8-10H,1-6H2/p+1. The van der Waals surface area contributed by atoms with Crippen molar-refractivity contribution in [3.8, 4) is 0 Å². The summed E-state index contributed by atoms with van der Waals surface area (Å²) < 4.78 is 29.6. The van der Waals surface area contributed by atoms with Crippen molar-refractivity contribution in [3.05, 3.63) is 0 Å². The molecule has 0 aromatic rings. The SMILES string of the molecule is CCCCCCCCCCCCCCCCS(=O)(=O)O.OCC[NH+](CCO)CCO. The molecule has 0 radical (unpaired) electrons. The molecule has 0 atom stereocenters. The summed E-state index contributed by atoms with van der Waals surface area (Å²) in [6.07, 6.45) is 17.4. The van der Waals surface area contributed by atoms with Gasteiger partial charge in [0.05, 0.1) is 25.6 Å². The van der Waals surface area contributed by atoms with Gasteiger partial charge in [0.15, 0.2) is 0 Å². The van der Waals surface area contributed by atoms with E-state index in [1.807, 2.05) is 0 Å². The van der Waals surface area contributed by atoms with Crippen LogP contribution in [0.4, 0.5) is 0 Å². The third-order valence-electron chi connectivity index (χ3n) is 5.15. The van der Waals surface area contributed by atoms with Gasteiger partial charge in [-0.1, -0.05) is 90.4 Å². The molecule has 0 heterocycles. The van der Waals surface area contributed by atoms with Gasteiger partial charge in [-0.15, -0.1) is 0 Å². The summed E-state index contributed by atoms with van der Waals surface area (Å²) >= 11 is 0. The van der Waals surface area contributed by atoms with Gasteiger partial charge >= 0.3 is 0 Å². The molecule has 184 valence electrons. The molecule has 0 aliphatic carbocycles. The van der Waals surface area contributed by atoms with Crippen LogP contribution in [0.25, 0.3) is 0 Å². The average Bonchev–Trinajstić information content (AvgIpc) is 2.68. The highest BCUT2D eigenvalue weighted by atomic mass is 32.2. The predicted octanol–water partition coefficient (Wildman–Crippen LogP) is 2.20. The summed E-state index contributed by atoms with van der Waals surface area (Å²) in [5.41, 5.74) is 0. The van der Waals surface area contributed by atoms with Crippen LogP contribution < -0.4 is 4.90 Å². The number of hydrogen-bond donors (Lipinski definition) is 5. The summed E-state index contributed by atoms with van der Waals surface area (Å²) in [5, 5.41) is 25.5. The van der Waals surface area contributed by atoms with E-state index in [2.05, 4.69) is 6.92 Å². The second-order valence-electron chi connectivity index (χ2n) is 8.05. The van der Waals surface area contributed by atoms with Crippen LogP contribution in [0.3, 0.4) is 0 Å².